The number of carboxylic acid groups (broad SMARTS) is 2. The van der Waals surface area contributed by atoms with Crippen molar-refractivity contribution in [2.45, 2.75) is 148 Å². The summed E-state index contributed by atoms with van der Waals surface area (Å²) in [5.41, 5.74) is 0. The molecule has 4 rings (SSSR count). The smallest absolute Gasteiger partial charge is 0.470 e. The van der Waals surface area contributed by atoms with Crippen molar-refractivity contribution in [2.75, 3.05) is 26.4 Å². The van der Waals surface area contributed by atoms with E-state index in [0.29, 0.717) is 0 Å². The summed E-state index contributed by atoms with van der Waals surface area (Å²) >= 11 is 0. The number of aliphatic carboxylic acids is 2. The third kappa shape index (κ3) is 12.2. The second-order valence-corrected chi connectivity index (χ2v) is 16.3. The highest BCUT2D eigenvalue weighted by Gasteiger charge is 2.62. The molecular formula is C32H53N2O28P. The highest BCUT2D eigenvalue weighted by molar-refractivity contribution is 7.46. The van der Waals surface area contributed by atoms with Crippen LogP contribution in [0.4, 0.5) is 0 Å². The first-order valence-electron chi connectivity index (χ1n) is 18.9. The van der Waals surface area contributed by atoms with Crippen LogP contribution in [0.15, 0.2) is 0 Å². The Labute approximate surface area is 354 Å². The zero-order chi connectivity index (χ0) is 47.5. The van der Waals surface area contributed by atoms with Gasteiger partial charge in [0, 0.05) is 26.7 Å². The molecule has 31 heteroatoms. The zero-order valence-corrected chi connectivity index (χ0v) is 34.0. The lowest BCUT2D eigenvalue weighted by molar-refractivity contribution is -0.378. The Kier molecular flexibility index (Phi) is 17.9. The normalized spacial score (nSPS) is 42.1. The molecule has 0 aliphatic carbocycles. The summed E-state index contributed by atoms with van der Waals surface area (Å²) in [5, 5.41) is 140. The number of aliphatic hydroxyl groups excluding tert-OH is 11. The van der Waals surface area contributed by atoms with Gasteiger partial charge in [-0.15, -0.1) is 0 Å². The van der Waals surface area contributed by atoms with E-state index in [-0.39, 0.29) is 0 Å². The van der Waals surface area contributed by atoms with Gasteiger partial charge in [0.25, 0.3) is 11.6 Å². The molecule has 0 aromatic heterocycles. The number of amides is 2. The van der Waals surface area contributed by atoms with Crippen molar-refractivity contribution in [3.05, 3.63) is 0 Å². The van der Waals surface area contributed by atoms with Crippen molar-refractivity contribution in [3.63, 3.8) is 0 Å². The van der Waals surface area contributed by atoms with Crippen molar-refractivity contribution < 1.29 is 138 Å². The number of hydrogen-bond donors (Lipinski definition) is 17. The first kappa shape index (κ1) is 52.9. The number of rotatable bonds is 18. The van der Waals surface area contributed by atoms with E-state index in [1.165, 1.54) is 0 Å². The van der Waals surface area contributed by atoms with Gasteiger partial charge in [-0.2, -0.15) is 0 Å². The van der Waals surface area contributed by atoms with Crippen molar-refractivity contribution in [1.29, 1.82) is 0 Å². The highest BCUT2D eigenvalue weighted by Crippen LogP contribution is 2.44. The zero-order valence-electron chi connectivity index (χ0n) is 33.1. The summed E-state index contributed by atoms with van der Waals surface area (Å²) in [6, 6.07) is -3.35. The van der Waals surface area contributed by atoms with Crippen LogP contribution >= 0.6 is 7.82 Å². The van der Waals surface area contributed by atoms with Gasteiger partial charge in [-0.3, -0.25) is 14.1 Å². The molecule has 4 saturated heterocycles. The lowest BCUT2D eigenvalue weighted by atomic mass is 9.90. The third-order valence-electron chi connectivity index (χ3n) is 10.5. The molecule has 17 N–H and O–H groups in total. The fourth-order valence-corrected chi connectivity index (χ4v) is 7.95. The molecule has 0 aromatic rings. The van der Waals surface area contributed by atoms with Gasteiger partial charge in [-0.1, -0.05) is 0 Å². The number of phosphoric acid groups is 1. The van der Waals surface area contributed by atoms with E-state index in [1.54, 1.807) is 0 Å². The molecule has 30 nitrogen and oxygen atoms in total. The quantitative estimate of drug-likeness (QED) is 0.0567. The number of hydrogen-bond acceptors (Lipinski definition) is 24. The minimum atomic E-state index is -5.65. The summed E-state index contributed by atoms with van der Waals surface area (Å²) in [4.78, 5) is 69.0. The van der Waals surface area contributed by atoms with E-state index in [0.717, 1.165) is 13.8 Å². The van der Waals surface area contributed by atoms with Crippen LogP contribution in [0, 0.1) is 0 Å². The third-order valence-corrected chi connectivity index (χ3v) is 11.0. The first-order chi connectivity index (χ1) is 29.2. The van der Waals surface area contributed by atoms with Crippen LogP contribution < -0.4 is 10.6 Å². The molecule has 0 spiro atoms. The number of ether oxygens (including phenoxy) is 7. The number of nitrogens with one attached hydrogen (secondary N) is 2. The summed E-state index contributed by atoms with van der Waals surface area (Å²) in [7, 11) is -5.65. The van der Waals surface area contributed by atoms with Crippen LogP contribution in [-0.2, 0) is 61.4 Å². The number of aliphatic hydroxyl groups is 11. The Hall–Kier alpha value is -2.73. The van der Waals surface area contributed by atoms with E-state index < -0.39 is 193 Å². The molecule has 63 heavy (non-hydrogen) atoms. The maximum atomic E-state index is 13.1. The molecule has 0 bridgehead atoms. The average molecular weight is 945 g/mol. The molecule has 4 heterocycles. The predicted octanol–water partition coefficient (Wildman–Crippen LogP) is -9.65. The molecular weight excluding hydrogens is 891 g/mol. The van der Waals surface area contributed by atoms with Gasteiger partial charge in [0.1, 0.15) is 85.3 Å². The topological polar surface area (TPSA) is 487 Å². The fraction of sp³-hybridized carbons (Fsp3) is 0.875. The minimum absolute atomic E-state index is 0.717. The van der Waals surface area contributed by atoms with Crippen LogP contribution in [-0.4, -0.2) is 248 Å². The van der Waals surface area contributed by atoms with E-state index in [9.17, 15) is 99.9 Å². The largest absolute Gasteiger partial charge is 0.477 e. The summed E-state index contributed by atoms with van der Waals surface area (Å²) < 4.78 is 55.4. The number of phosphoric ester groups is 1. The molecule has 0 aromatic carbocycles. The van der Waals surface area contributed by atoms with Gasteiger partial charge in [0.2, 0.25) is 11.8 Å². The Morgan fingerprint density at radius 3 is 1.78 bits per heavy atom. The number of carbonyl (C=O) groups is 4. The van der Waals surface area contributed by atoms with Gasteiger partial charge < -0.3 is 120 Å². The maximum Gasteiger partial charge on any atom is 0.470 e. The summed E-state index contributed by atoms with van der Waals surface area (Å²) in [5.74, 6) is -12.3. The SMILES string of the molecule is CC(=O)N[C@@H]1[C@@H](O)[C@H](O)[C@@H](CO[C@@H]2O[C@H](CO[C@]3(C(=O)O)C[C@@H](O[C@]4(C(=O)O)C[C@@H](O)[C@@H](O)[C@@H]([C@H](O)CO)O4)[C@@H](O)[C@@H]([C@H](O)CO)O3)[C@@H](OP(=O)(O)O)[C@H](O)[C@H]2NC(C)=O)O[C@@H]1O. The standard InChI is InChI=1S/C32H53N2O28P/c1-9(37)33-17-22(45)20(43)15(57-27(17)47)7-55-28-18(34-10(2)38)23(46)26(62-63(52,53)54)16(58-28)8-56-31(29(48)49)4-14(21(44)25(60-31)13(41)6-36)59-32(30(50)51)3-11(39)19(42)24(61-32)12(40)5-35/h11-28,35-36,39-47H,3-8H2,1-2H3,(H,33,37)(H,34,38)(H,48,49)(H,50,51)(H2,52,53,54)/t11-,12-,13-,14-,15-,16-,17-,18-,19-,20-,21-,22-,23-,24-,25-,26-,27+,28-,31-,32-/m1/s1. The van der Waals surface area contributed by atoms with Crippen LogP contribution in [0.1, 0.15) is 26.7 Å². The van der Waals surface area contributed by atoms with Crippen molar-refractivity contribution >= 4 is 31.6 Å². The molecule has 0 radical (unpaired) electrons. The van der Waals surface area contributed by atoms with Crippen LogP contribution in [0.5, 0.6) is 0 Å². The monoisotopic (exact) mass is 944 g/mol. The van der Waals surface area contributed by atoms with E-state index in [2.05, 4.69) is 10.6 Å². The summed E-state index contributed by atoms with van der Waals surface area (Å²) in [6.07, 6.45) is -35.7. The molecule has 0 unspecified atom stereocenters. The minimum Gasteiger partial charge on any atom is -0.477 e. The Balaban J connectivity index is 1.69. The van der Waals surface area contributed by atoms with Gasteiger partial charge in [-0.25, -0.2) is 14.2 Å². The van der Waals surface area contributed by atoms with Crippen LogP contribution in [0.25, 0.3) is 0 Å². The van der Waals surface area contributed by atoms with Gasteiger partial charge >= 0.3 is 19.8 Å². The Bertz CT molecular complexity index is 1640. The molecule has 2 amide bonds. The number of carbonyl (C=O) groups excluding carboxylic acids is 2. The van der Waals surface area contributed by atoms with E-state index in [4.69, 9.17) is 37.7 Å². The van der Waals surface area contributed by atoms with Gasteiger partial charge in [0.15, 0.2) is 12.6 Å². The second-order valence-electron chi connectivity index (χ2n) is 15.1. The number of carboxylic acids is 2. The Morgan fingerprint density at radius 1 is 0.714 bits per heavy atom. The lowest BCUT2D eigenvalue weighted by Gasteiger charge is -2.50. The van der Waals surface area contributed by atoms with E-state index >= 15 is 0 Å². The Morgan fingerprint density at radius 2 is 1.25 bits per heavy atom. The molecule has 0 saturated carbocycles. The van der Waals surface area contributed by atoms with Gasteiger partial charge in [-0.05, 0) is 0 Å². The maximum absolute atomic E-state index is 13.1. The lowest BCUT2D eigenvalue weighted by Crippen LogP contribution is -2.69. The van der Waals surface area contributed by atoms with Crippen molar-refractivity contribution in [1.82, 2.24) is 10.6 Å². The fourth-order valence-electron chi connectivity index (χ4n) is 7.37. The van der Waals surface area contributed by atoms with Crippen LogP contribution in [0.3, 0.4) is 0 Å². The summed E-state index contributed by atoms with van der Waals surface area (Å²) in [6.45, 7) is -2.61. The van der Waals surface area contributed by atoms with E-state index in [1.807, 2.05) is 0 Å². The molecule has 4 aliphatic heterocycles. The van der Waals surface area contributed by atoms with Gasteiger partial charge in [0.05, 0.1) is 38.6 Å². The molecule has 4 fully saturated rings. The van der Waals surface area contributed by atoms with Crippen molar-refractivity contribution in [3.8, 4) is 0 Å². The molecule has 20 atom stereocenters. The van der Waals surface area contributed by atoms with Crippen molar-refractivity contribution in [2.24, 2.45) is 0 Å². The highest BCUT2D eigenvalue weighted by atomic mass is 31.2. The molecule has 4 aliphatic rings. The average Bonchev–Trinajstić information content (AvgIpc) is 3.19. The predicted molar refractivity (Wildman–Crippen MR) is 190 cm³/mol. The molecule has 364 valence electrons. The van der Waals surface area contributed by atoms with Crippen LogP contribution in [0.2, 0.25) is 0 Å². The first-order valence-corrected chi connectivity index (χ1v) is 20.4. The second kappa shape index (κ2) is 21.3.